The zero-order valence-electron chi connectivity index (χ0n) is 9.96. The molecule has 18 heavy (non-hydrogen) atoms. The molecule has 0 aromatic carbocycles. The van der Waals surface area contributed by atoms with E-state index in [4.69, 9.17) is 11.5 Å². The van der Waals surface area contributed by atoms with E-state index in [1.165, 1.54) is 16.7 Å². The molecule has 0 aliphatic carbocycles. The first kappa shape index (κ1) is 13.4. The Labute approximate surface area is 109 Å². The molecule has 0 aromatic heterocycles. The van der Waals surface area contributed by atoms with Crippen LogP contribution in [0.15, 0.2) is 10.6 Å². The van der Waals surface area contributed by atoms with Gasteiger partial charge in [-0.25, -0.2) is 4.79 Å². The summed E-state index contributed by atoms with van der Waals surface area (Å²) >= 11 is 1.41. The van der Waals surface area contributed by atoms with E-state index >= 15 is 0 Å². The van der Waals surface area contributed by atoms with E-state index in [9.17, 15) is 14.7 Å². The van der Waals surface area contributed by atoms with Gasteiger partial charge in [-0.05, 0) is 19.4 Å². The van der Waals surface area contributed by atoms with Gasteiger partial charge in [0.1, 0.15) is 5.70 Å². The number of carboxylic acid groups (broad SMARTS) is 1. The molecule has 0 radical (unpaired) electrons. The average molecular weight is 271 g/mol. The van der Waals surface area contributed by atoms with Gasteiger partial charge in [-0.2, -0.15) is 0 Å². The second-order valence-electron chi connectivity index (χ2n) is 4.45. The van der Waals surface area contributed by atoms with Crippen molar-refractivity contribution in [2.24, 2.45) is 11.5 Å². The van der Waals surface area contributed by atoms with Crippen molar-refractivity contribution in [3.63, 3.8) is 0 Å². The van der Waals surface area contributed by atoms with Gasteiger partial charge in [0.25, 0.3) is 0 Å². The molecule has 2 aliphatic heterocycles. The fraction of sp³-hybridized carbons (Fsp3) is 0.636. The van der Waals surface area contributed by atoms with Gasteiger partial charge in [0.2, 0.25) is 5.91 Å². The number of carboxylic acids is 1. The van der Waals surface area contributed by atoms with Crippen LogP contribution in [0.4, 0.5) is 0 Å². The van der Waals surface area contributed by atoms with Crippen molar-refractivity contribution in [1.82, 2.24) is 4.90 Å². The van der Waals surface area contributed by atoms with Gasteiger partial charge >= 0.3 is 5.97 Å². The smallest absolute Gasteiger partial charge is 0.353 e. The third-order valence-electron chi connectivity index (χ3n) is 3.15. The molecular formula is C11H17N3O3S. The number of rotatable bonds is 6. The molecule has 1 unspecified atom stereocenters. The molecule has 7 heteroatoms. The number of amides is 1. The Balaban J connectivity index is 2.10. The molecular weight excluding hydrogens is 254 g/mol. The average Bonchev–Trinajstić information content (AvgIpc) is 2.62. The minimum absolute atomic E-state index is 0.0563. The summed E-state index contributed by atoms with van der Waals surface area (Å²) in [5.74, 6) is -1.20. The monoisotopic (exact) mass is 271 g/mol. The van der Waals surface area contributed by atoms with Crippen molar-refractivity contribution in [3.05, 3.63) is 10.6 Å². The molecule has 2 aliphatic rings. The largest absolute Gasteiger partial charge is 0.477 e. The molecule has 2 heterocycles. The maximum atomic E-state index is 11.4. The van der Waals surface area contributed by atoms with Crippen LogP contribution in [0.2, 0.25) is 0 Å². The molecule has 0 bridgehead atoms. The highest BCUT2D eigenvalue weighted by molar-refractivity contribution is 8.04. The van der Waals surface area contributed by atoms with E-state index in [1.54, 1.807) is 0 Å². The van der Waals surface area contributed by atoms with Crippen LogP contribution < -0.4 is 11.5 Å². The second-order valence-corrected chi connectivity index (χ2v) is 5.67. The topological polar surface area (TPSA) is 110 Å². The van der Waals surface area contributed by atoms with E-state index < -0.39 is 5.97 Å². The molecule has 1 saturated heterocycles. The molecule has 100 valence electrons. The van der Waals surface area contributed by atoms with Gasteiger partial charge in [0.05, 0.1) is 11.8 Å². The second kappa shape index (κ2) is 5.29. The summed E-state index contributed by atoms with van der Waals surface area (Å²) < 4.78 is 0. The van der Waals surface area contributed by atoms with Crippen molar-refractivity contribution >= 4 is 23.6 Å². The number of aliphatic carboxylic acids is 1. The number of β-lactam (4-membered cyclic amide) rings is 1. The zero-order valence-corrected chi connectivity index (χ0v) is 10.8. The lowest BCUT2D eigenvalue weighted by atomic mass is 10.1. The van der Waals surface area contributed by atoms with E-state index in [2.05, 4.69) is 0 Å². The van der Waals surface area contributed by atoms with Crippen LogP contribution in [-0.2, 0) is 9.59 Å². The van der Waals surface area contributed by atoms with Gasteiger partial charge in [0.15, 0.2) is 0 Å². The lowest BCUT2D eigenvalue weighted by Crippen LogP contribution is -2.48. The standard InChI is InChI=1S/C11H17N3O3S/c12-4-2-1-3-6(13)10-9(11(16)17)14-7(15)5-8(14)18-10/h6,8H,1-5,12-13H2,(H,16,17)/t6?,8-/m1/s1. The summed E-state index contributed by atoms with van der Waals surface area (Å²) in [5.41, 5.74) is 11.5. The van der Waals surface area contributed by atoms with E-state index in [0.29, 0.717) is 24.3 Å². The first-order chi connectivity index (χ1) is 8.56. The third-order valence-corrected chi connectivity index (χ3v) is 4.55. The predicted molar refractivity (Wildman–Crippen MR) is 68.4 cm³/mol. The Morgan fingerprint density at radius 3 is 2.83 bits per heavy atom. The number of unbranched alkanes of at least 4 members (excludes halogenated alkanes) is 1. The Morgan fingerprint density at radius 2 is 2.28 bits per heavy atom. The number of fused-ring (bicyclic) bond motifs is 1. The summed E-state index contributed by atoms with van der Waals surface area (Å²) in [6, 6.07) is -0.314. The van der Waals surface area contributed by atoms with Crippen LogP contribution in [0, 0.1) is 0 Å². The summed E-state index contributed by atoms with van der Waals surface area (Å²) in [5, 5.41) is 9.15. The fourth-order valence-corrected chi connectivity index (χ4v) is 3.62. The lowest BCUT2D eigenvalue weighted by molar-refractivity contribution is -0.145. The highest BCUT2D eigenvalue weighted by Crippen LogP contribution is 2.47. The first-order valence-corrected chi connectivity index (χ1v) is 6.86. The van der Waals surface area contributed by atoms with E-state index in [0.717, 1.165) is 12.8 Å². The number of carbonyl (C=O) groups excluding carboxylic acids is 1. The molecule has 0 saturated carbocycles. The Hall–Kier alpha value is -1.05. The number of hydrogen-bond donors (Lipinski definition) is 3. The highest BCUT2D eigenvalue weighted by atomic mass is 32.2. The fourth-order valence-electron chi connectivity index (χ4n) is 2.18. The third kappa shape index (κ3) is 2.25. The molecule has 1 fully saturated rings. The maximum Gasteiger partial charge on any atom is 0.353 e. The van der Waals surface area contributed by atoms with Crippen LogP contribution in [-0.4, -0.2) is 39.8 Å². The molecule has 2 rings (SSSR count). The van der Waals surface area contributed by atoms with Crippen molar-refractivity contribution < 1.29 is 14.7 Å². The number of thioether (sulfide) groups is 1. The number of nitrogens with two attached hydrogens (primary N) is 2. The Morgan fingerprint density at radius 1 is 1.56 bits per heavy atom. The number of hydrogen-bond acceptors (Lipinski definition) is 5. The molecule has 0 spiro atoms. The van der Waals surface area contributed by atoms with Crippen LogP contribution in [0.3, 0.4) is 0 Å². The van der Waals surface area contributed by atoms with Crippen molar-refractivity contribution in [1.29, 1.82) is 0 Å². The molecule has 5 N–H and O–H groups in total. The van der Waals surface area contributed by atoms with Crippen LogP contribution in [0.1, 0.15) is 25.7 Å². The molecule has 6 nitrogen and oxygen atoms in total. The van der Waals surface area contributed by atoms with Gasteiger partial charge in [-0.1, -0.05) is 6.42 Å². The van der Waals surface area contributed by atoms with Crippen LogP contribution in [0.25, 0.3) is 0 Å². The first-order valence-electron chi connectivity index (χ1n) is 5.98. The van der Waals surface area contributed by atoms with E-state index in [1.807, 2.05) is 0 Å². The van der Waals surface area contributed by atoms with E-state index in [-0.39, 0.29) is 23.0 Å². The minimum atomic E-state index is -1.07. The highest BCUT2D eigenvalue weighted by Gasteiger charge is 2.49. The summed E-state index contributed by atoms with van der Waals surface area (Å²) in [6.45, 7) is 0.609. The number of nitrogens with zero attached hydrogens (tertiary/aromatic N) is 1. The molecule has 0 aromatic rings. The van der Waals surface area contributed by atoms with Gasteiger partial charge in [-0.15, -0.1) is 11.8 Å². The Kier molecular flexibility index (Phi) is 3.94. The SMILES string of the molecule is NCCCCC(N)C1=C(C(=O)O)N2C(=O)C[C@H]2S1. The van der Waals surface area contributed by atoms with Crippen molar-refractivity contribution in [2.45, 2.75) is 37.1 Å². The van der Waals surface area contributed by atoms with Crippen molar-refractivity contribution in [3.8, 4) is 0 Å². The molecule has 1 amide bonds. The molecule has 2 atom stereocenters. The number of carbonyl (C=O) groups is 2. The maximum absolute atomic E-state index is 11.4. The van der Waals surface area contributed by atoms with Crippen LogP contribution in [0.5, 0.6) is 0 Å². The lowest BCUT2D eigenvalue weighted by Gasteiger charge is -2.33. The van der Waals surface area contributed by atoms with Crippen molar-refractivity contribution in [2.75, 3.05) is 6.54 Å². The zero-order chi connectivity index (χ0) is 13.3. The minimum Gasteiger partial charge on any atom is -0.477 e. The predicted octanol–water partition coefficient (Wildman–Crippen LogP) is 0.0441. The van der Waals surface area contributed by atoms with Gasteiger partial charge in [0, 0.05) is 10.9 Å². The van der Waals surface area contributed by atoms with Crippen LogP contribution >= 0.6 is 11.8 Å². The van der Waals surface area contributed by atoms with Gasteiger partial charge < -0.3 is 16.6 Å². The summed E-state index contributed by atoms with van der Waals surface area (Å²) in [7, 11) is 0. The van der Waals surface area contributed by atoms with Gasteiger partial charge in [-0.3, -0.25) is 9.69 Å². The normalized spacial score (nSPS) is 24.0. The Bertz CT molecular complexity index is 410. The quantitative estimate of drug-likeness (QED) is 0.465. The summed E-state index contributed by atoms with van der Waals surface area (Å²) in [4.78, 5) is 24.6. The summed E-state index contributed by atoms with van der Waals surface area (Å²) in [6.07, 6.45) is 2.85.